The van der Waals surface area contributed by atoms with Crippen molar-refractivity contribution < 1.29 is 9.59 Å². The van der Waals surface area contributed by atoms with Gasteiger partial charge in [-0.05, 0) is 61.9 Å². The molecule has 3 aromatic rings. The third kappa shape index (κ3) is 6.92. The molecule has 2 amide bonds. The van der Waals surface area contributed by atoms with Crippen LogP contribution >= 0.6 is 0 Å². The van der Waals surface area contributed by atoms with Gasteiger partial charge >= 0.3 is 0 Å². The molecule has 3 rings (SSSR count). The van der Waals surface area contributed by atoms with Gasteiger partial charge in [0.25, 0.3) is 0 Å². The molecule has 0 aliphatic carbocycles. The van der Waals surface area contributed by atoms with Crippen molar-refractivity contribution in [2.75, 3.05) is 6.54 Å². The van der Waals surface area contributed by atoms with Gasteiger partial charge in [0.1, 0.15) is 6.04 Å². The Hall–Kier alpha value is -3.14. The molecule has 0 aromatic heterocycles. The molecule has 4 heteroatoms. The maximum absolute atomic E-state index is 13.5. The van der Waals surface area contributed by atoms with Crippen LogP contribution in [0.2, 0.25) is 0 Å². The highest BCUT2D eigenvalue weighted by Gasteiger charge is 2.30. The molecule has 0 saturated carbocycles. The highest BCUT2D eigenvalue weighted by Crippen LogP contribution is 2.21. The zero-order chi connectivity index (χ0) is 23.8. The summed E-state index contributed by atoms with van der Waals surface area (Å²) in [4.78, 5) is 28.4. The van der Waals surface area contributed by atoms with Crippen molar-refractivity contribution in [3.05, 3.63) is 83.9 Å². The van der Waals surface area contributed by atoms with E-state index < -0.39 is 6.04 Å². The molecule has 0 saturated heterocycles. The molecule has 3 aromatic carbocycles. The SMILES string of the molecule is CC[C@H](C(=O)NC(C)(C)C)N(CCc1ccccc1)C(=O)CCc1cccc2ccccc12. The van der Waals surface area contributed by atoms with Crippen LogP contribution in [0, 0.1) is 0 Å². The molecule has 0 radical (unpaired) electrons. The standard InChI is InChI=1S/C29H36N2O2/c1-5-26(28(33)30-29(2,3)4)31(21-20-22-12-7-6-8-13-22)27(32)19-18-24-16-11-15-23-14-9-10-17-25(23)24/h6-17,26H,5,18-21H2,1-4H3,(H,30,33)/t26-/m1/s1. The van der Waals surface area contributed by atoms with Crippen molar-refractivity contribution in [2.24, 2.45) is 0 Å². The number of hydrogen-bond donors (Lipinski definition) is 1. The van der Waals surface area contributed by atoms with Gasteiger partial charge in [0.2, 0.25) is 11.8 Å². The number of carbonyl (C=O) groups excluding carboxylic acids is 2. The summed E-state index contributed by atoms with van der Waals surface area (Å²) >= 11 is 0. The number of nitrogens with zero attached hydrogens (tertiary/aromatic N) is 1. The van der Waals surface area contributed by atoms with E-state index in [0.29, 0.717) is 25.8 Å². The second-order valence-corrected chi connectivity index (χ2v) is 9.62. The average Bonchev–Trinajstić information content (AvgIpc) is 2.79. The summed E-state index contributed by atoms with van der Waals surface area (Å²) in [6.07, 6.45) is 2.33. The molecule has 33 heavy (non-hydrogen) atoms. The van der Waals surface area contributed by atoms with Crippen LogP contribution in [-0.4, -0.2) is 34.8 Å². The van der Waals surface area contributed by atoms with Crippen molar-refractivity contribution in [3.63, 3.8) is 0 Å². The van der Waals surface area contributed by atoms with E-state index in [-0.39, 0.29) is 17.4 Å². The number of fused-ring (bicyclic) bond motifs is 1. The number of benzene rings is 3. The minimum atomic E-state index is -0.479. The molecular formula is C29H36N2O2. The predicted octanol–water partition coefficient (Wildman–Crippen LogP) is 5.54. The van der Waals surface area contributed by atoms with Gasteiger partial charge in [-0.15, -0.1) is 0 Å². The topological polar surface area (TPSA) is 49.4 Å². The van der Waals surface area contributed by atoms with E-state index in [1.165, 1.54) is 10.8 Å². The number of hydrogen-bond acceptors (Lipinski definition) is 2. The largest absolute Gasteiger partial charge is 0.350 e. The van der Waals surface area contributed by atoms with Crippen molar-refractivity contribution in [1.82, 2.24) is 10.2 Å². The lowest BCUT2D eigenvalue weighted by atomic mass is 10.00. The molecule has 0 aliphatic rings. The summed E-state index contributed by atoms with van der Waals surface area (Å²) in [6.45, 7) is 8.39. The minimum absolute atomic E-state index is 0.0229. The van der Waals surface area contributed by atoms with E-state index >= 15 is 0 Å². The Labute approximate surface area is 198 Å². The highest BCUT2D eigenvalue weighted by atomic mass is 16.2. The van der Waals surface area contributed by atoms with Crippen molar-refractivity contribution in [3.8, 4) is 0 Å². The van der Waals surface area contributed by atoms with E-state index in [1.807, 2.05) is 64.1 Å². The molecule has 0 unspecified atom stereocenters. The van der Waals surface area contributed by atoms with Gasteiger partial charge in [-0.1, -0.05) is 79.7 Å². The third-order valence-corrected chi connectivity index (χ3v) is 5.86. The Morgan fingerprint density at radius 2 is 1.55 bits per heavy atom. The van der Waals surface area contributed by atoms with Crippen molar-refractivity contribution in [2.45, 2.75) is 65.0 Å². The van der Waals surface area contributed by atoms with Gasteiger partial charge in [0.15, 0.2) is 0 Å². The quantitative estimate of drug-likeness (QED) is 0.471. The van der Waals surface area contributed by atoms with Crippen LogP contribution in [0.4, 0.5) is 0 Å². The first kappa shape index (κ1) is 24.5. The van der Waals surface area contributed by atoms with E-state index in [1.54, 1.807) is 4.90 Å². The first-order chi connectivity index (χ1) is 15.8. The number of carbonyl (C=O) groups is 2. The number of amides is 2. The fraction of sp³-hybridized carbons (Fsp3) is 0.379. The van der Waals surface area contributed by atoms with Gasteiger partial charge < -0.3 is 10.2 Å². The summed E-state index contributed by atoms with van der Waals surface area (Å²) < 4.78 is 0. The summed E-state index contributed by atoms with van der Waals surface area (Å²) in [5.74, 6) is -0.0636. The fourth-order valence-electron chi connectivity index (χ4n) is 4.24. The zero-order valence-electron chi connectivity index (χ0n) is 20.3. The van der Waals surface area contributed by atoms with Crippen molar-refractivity contribution in [1.29, 1.82) is 0 Å². The Morgan fingerprint density at radius 1 is 0.879 bits per heavy atom. The minimum Gasteiger partial charge on any atom is -0.350 e. The molecule has 0 aliphatic heterocycles. The van der Waals surface area contributed by atoms with E-state index in [4.69, 9.17) is 0 Å². The lowest BCUT2D eigenvalue weighted by Crippen LogP contribution is -2.54. The van der Waals surface area contributed by atoms with Gasteiger partial charge in [0.05, 0.1) is 0 Å². The first-order valence-corrected chi connectivity index (χ1v) is 11.9. The molecular weight excluding hydrogens is 408 g/mol. The second-order valence-electron chi connectivity index (χ2n) is 9.62. The summed E-state index contributed by atoms with van der Waals surface area (Å²) in [7, 11) is 0. The molecule has 174 valence electrons. The highest BCUT2D eigenvalue weighted by molar-refractivity contribution is 5.89. The number of rotatable bonds is 9. The fourth-order valence-corrected chi connectivity index (χ4v) is 4.24. The molecule has 1 N–H and O–H groups in total. The Bertz CT molecular complexity index is 1060. The second kappa shape index (κ2) is 11.1. The lowest BCUT2D eigenvalue weighted by molar-refractivity contribution is -0.141. The Balaban J connectivity index is 1.78. The normalized spacial score (nSPS) is 12.4. The van der Waals surface area contributed by atoms with Crippen LogP contribution in [-0.2, 0) is 22.4 Å². The molecule has 0 heterocycles. The Morgan fingerprint density at radius 3 is 2.24 bits per heavy atom. The average molecular weight is 445 g/mol. The van der Waals surface area contributed by atoms with E-state index in [0.717, 1.165) is 17.5 Å². The predicted molar refractivity (Wildman–Crippen MR) is 136 cm³/mol. The van der Waals surface area contributed by atoms with Crippen LogP contribution in [0.15, 0.2) is 72.8 Å². The van der Waals surface area contributed by atoms with Crippen LogP contribution < -0.4 is 5.32 Å². The first-order valence-electron chi connectivity index (χ1n) is 11.9. The van der Waals surface area contributed by atoms with Gasteiger partial charge in [-0.2, -0.15) is 0 Å². The summed E-state index contributed by atoms with van der Waals surface area (Å²) in [5.41, 5.74) is 1.98. The molecule has 0 spiro atoms. The monoisotopic (exact) mass is 444 g/mol. The Kier molecular flexibility index (Phi) is 8.26. The number of nitrogens with one attached hydrogen (secondary N) is 1. The van der Waals surface area contributed by atoms with Crippen molar-refractivity contribution >= 4 is 22.6 Å². The van der Waals surface area contributed by atoms with Gasteiger partial charge in [0, 0.05) is 18.5 Å². The van der Waals surface area contributed by atoms with Crippen LogP contribution in [0.25, 0.3) is 10.8 Å². The number of aryl methyl sites for hydroxylation is 1. The maximum atomic E-state index is 13.5. The molecule has 0 bridgehead atoms. The third-order valence-electron chi connectivity index (χ3n) is 5.86. The van der Waals surface area contributed by atoms with Gasteiger partial charge in [-0.3, -0.25) is 9.59 Å². The summed E-state index contributed by atoms with van der Waals surface area (Å²) in [5, 5.41) is 5.43. The summed E-state index contributed by atoms with van der Waals surface area (Å²) in [6, 6.07) is 24.1. The molecule has 1 atom stereocenters. The molecule has 4 nitrogen and oxygen atoms in total. The smallest absolute Gasteiger partial charge is 0.243 e. The molecule has 0 fully saturated rings. The van der Waals surface area contributed by atoms with Crippen LogP contribution in [0.3, 0.4) is 0 Å². The van der Waals surface area contributed by atoms with Gasteiger partial charge in [-0.25, -0.2) is 0 Å². The lowest BCUT2D eigenvalue weighted by Gasteiger charge is -2.33. The maximum Gasteiger partial charge on any atom is 0.243 e. The van der Waals surface area contributed by atoms with E-state index in [2.05, 4.69) is 41.7 Å². The van der Waals surface area contributed by atoms with E-state index in [9.17, 15) is 9.59 Å². The van der Waals surface area contributed by atoms with Crippen LogP contribution in [0.1, 0.15) is 51.7 Å². The zero-order valence-corrected chi connectivity index (χ0v) is 20.3. The van der Waals surface area contributed by atoms with Crippen LogP contribution in [0.5, 0.6) is 0 Å².